The highest BCUT2D eigenvalue weighted by Gasteiger charge is 2.09. The zero-order chi connectivity index (χ0) is 18.0. The van der Waals surface area contributed by atoms with E-state index in [1.54, 1.807) is 30.9 Å². The molecule has 7 nitrogen and oxygen atoms in total. The Hall–Kier alpha value is -2.70. The molecule has 0 aliphatic rings. The monoisotopic (exact) mass is 460 g/mol. The Labute approximate surface area is 158 Å². The van der Waals surface area contributed by atoms with E-state index in [1.807, 2.05) is 6.07 Å². The van der Waals surface area contributed by atoms with Gasteiger partial charge in [0.15, 0.2) is 0 Å². The maximum absolute atomic E-state index is 10.9. The Bertz CT molecular complexity index is 1120. The number of hydrogen-bond acceptors (Lipinski definition) is 4. The van der Waals surface area contributed by atoms with Gasteiger partial charge in [-0.15, -0.1) is 0 Å². The van der Waals surface area contributed by atoms with Crippen LogP contribution < -0.4 is 5.73 Å². The molecule has 0 bridgehead atoms. The minimum Gasteiger partial charge on any atom is -0.366 e. The number of pyridine rings is 2. The molecule has 0 spiro atoms. The van der Waals surface area contributed by atoms with Gasteiger partial charge in [0.1, 0.15) is 17.4 Å². The molecule has 4 aromatic rings. The standard InChI is InChI=1S/C8H6BrN3O.C8H4BrN3/c9-4-1-5-6(7(10)13)3-12-8(5)11-2-4;9-6-1-7-5(2-10)3-11-8(7)12-4-6/h1-3H,(H2,10,13)(H,11,12);1,3-4H,(H,11,12). The summed E-state index contributed by atoms with van der Waals surface area (Å²) in [6, 6.07) is 5.76. The van der Waals surface area contributed by atoms with Gasteiger partial charge in [-0.3, -0.25) is 4.79 Å². The van der Waals surface area contributed by atoms with Crippen LogP contribution in [0, 0.1) is 11.3 Å². The summed E-state index contributed by atoms with van der Waals surface area (Å²) in [5.41, 5.74) is 7.67. The number of amides is 1. The van der Waals surface area contributed by atoms with E-state index in [0.29, 0.717) is 16.8 Å². The zero-order valence-electron chi connectivity index (χ0n) is 12.5. The van der Waals surface area contributed by atoms with E-state index in [1.165, 1.54) is 0 Å². The average Bonchev–Trinajstić information content (AvgIpc) is 3.18. The highest BCUT2D eigenvalue weighted by molar-refractivity contribution is 9.10. The first-order chi connectivity index (χ1) is 12.0. The van der Waals surface area contributed by atoms with Crippen LogP contribution in [0.1, 0.15) is 15.9 Å². The maximum Gasteiger partial charge on any atom is 0.250 e. The van der Waals surface area contributed by atoms with E-state index >= 15 is 0 Å². The second kappa shape index (κ2) is 7.04. The van der Waals surface area contributed by atoms with Gasteiger partial charge in [-0.25, -0.2) is 9.97 Å². The van der Waals surface area contributed by atoms with Crippen LogP contribution in [0.5, 0.6) is 0 Å². The largest absolute Gasteiger partial charge is 0.366 e. The Morgan fingerprint density at radius 2 is 1.60 bits per heavy atom. The first-order valence-electron chi connectivity index (χ1n) is 6.94. The molecule has 25 heavy (non-hydrogen) atoms. The van der Waals surface area contributed by atoms with Gasteiger partial charge in [0.2, 0.25) is 0 Å². The van der Waals surface area contributed by atoms with Crippen molar-refractivity contribution in [3.63, 3.8) is 0 Å². The molecule has 9 heteroatoms. The number of carbonyl (C=O) groups is 1. The van der Waals surface area contributed by atoms with E-state index in [-0.39, 0.29) is 0 Å². The van der Waals surface area contributed by atoms with Crippen molar-refractivity contribution in [2.45, 2.75) is 0 Å². The molecular formula is C16H10Br2N6O. The third-order valence-electron chi connectivity index (χ3n) is 3.38. The van der Waals surface area contributed by atoms with Crippen LogP contribution in [-0.2, 0) is 0 Å². The van der Waals surface area contributed by atoms with Crippen molar-refractivity contribution in [1.82, 2.24) is 19.9 Å². The lowest BCUT2D eigenvalue weighted by molar-refractivity contribution is 0.100. The highest BCUT2D eigenvalue weighted by atomic mass is 79.9. The number of nitrogens with zero attached hydrogens (tertiary/aromatic N) is 3. The number of primary amides is 1. The molecule has 0 saturated carbocycles. The Morgan fingerprint density at radius 3 is 2.20 bits per heavy atom. The average molecular weight is 462 g/mol. The lowest BCUT2D eigenvalue weighted by Gasteiger charge is -1.92. The smallest absolute Gasteiger partial charge is 0.250 e. The van der Waals surface area contributed by atoms with E-state index in [0.717, 1.165) is 25.4 Å². The molecule has 0 aliphatic heterocycles. The van der Waals surface area contributed by atoms with Crippen molar-refractivity contribution >= 4 is 59.8 Å². The first-order valence-corrected chi connectivity index (χ1v) is 8.53. The molecule has 0 atom stereocenters. The number of aromatic amines is 2. The van der Waals surface area contributed by atoms with Gasteiger partial charge in [0.25, 0.3) is 5.91 Å². The van der Waals surface area contributed by atoms with Crippen molar-refractivity contribution in [2.75, 3.05) is 0 Å². The topological polar surface area (TPSA) is 124 Å². The van der Waals surface area contributed by atoms with Crippen molar-refractivity contribution in [3.8, 4) is 6.07 Å². The fourth-order valence-corrected chi connectivity index (χ4v) is 2.91. The van der Waals surface area contributed by atoms with Gasteiger partial charge in [0.05, 0.1) is 11.1 Å². The van der Waals surface area contributed by atoms with Gasteiger partial charge in [0, 0.05) is 44.5 Å². The molecule has 0 aromatic carbocycles. The number of hydrogen-bond donors (Lipinski definition) is 3. The summed E-state index contributed by atoms with van der Waals surface area (Å²) in [4.78, 5) is 24.9. The van der Waals surface area contributed by atoms with Crippen LogP contribution in [-0.4, -0.2) is 25.8 Å². The molecule has 4 rings (SSSR count). The van der Waals surface area contributed by atoms with Crippen molar-refractivity contribution < 1.29 is 4.79 Å². The van der Waals surface area contributed by atoms with Crippen LogP contribution in [0.3, 0.4) is 0 Å². The predicted molar refractivity (Wildman–Crippen MR) is 101 cm³/mol. The SMILES string of the molecule is N#Cc1c[nH]c2ncc(Br)cc12.NC(=O)c1c[nH]c2ncc(Br)cc12. The molecule has 124 valence electrons. The summed E-state index contributed by atoms with van der Waals surface area (Å²) in [6.45, 7) is 0. The molecular weight excluding hydrogens is 452 g/mol. The Balaban J connectivity index is 0.000000146. The lowest BCUT2D eigenvalue weighted by atomic mass is 10.2. The summed E-state index contributed by atoms with van der Waals surface area (Å²) in [6.07, 6.45) is 6.57. The third kappa shape index (κ3) is 3.55. The summed E-state index contributed by atoms with van der Waals surface area (Å²) in [5, 5.41) is 10.3. The van der Waals surface area contributed by atoms with Crippen LogP contribution in [0.25, 0.3) is 22.1 Å². The summed E-state index contributed by atoms with van der Waals surface area (Å²) >= 11 is 6.57. The molecule has 0 radical (unpaired) electrons. The van der Waals surface area contributed by atoms with Gasteiger partial charge in [-0.05, 0) is 44.0 Å². The summed E-state index contributed by atoms with van der Waals surface area (Å²) in [5.74, 6) is -0.453. The van der Waals surface area contributed by atoms with Crippen LogP contribution in [0.15, 0.2) is 45.9 Å². The van der Waals surface area contributed by atoms with Gasteiger partial charge in [-0.2, -0.15) is 5.26 Å². The number of aromatic nitrogens is 4. The number of H-pyrrole nitrogens is 2. The highest BCUT2D eigenvalue weighted by Crippen LogP contribution is 2.20. The second-order valence-corrected chi connectivity index (χ2v) is 6.81. The summed E-state index contributed by atoms with van der Waals surface area (Å²) < 4.78 is 1.70. The van der Waals surface area contributed by atoms with Crippen LogP contribution in [0.2, 0.25) is 0 Å². The fraction of sp³-hybridized carbons (Fsp3) is 0. The number of fused-ring (bicyclic) bond motifs is 2. The van der Waals surface area contributed by atoms with Crippen molar-refractivity contribution in [2.24, 2.45) is 5.73 Å². The van der Waals surface area contributed by atoms with E-state index in [2.05, 4.69) is 57.9 Å². The van der Waals surface area contributed by atoms with E-state index in [9.17, 15) is 4.79 Å². The number of carbonyl (C=O) groups excluding carboxylic acids is 1. The van der Waals surface area contributed by atoms with Crippen molar-refractivity contribution in [3.05, 3.63) is 57.0 Å². The van der Waals surface area contributed by atoms with Crippen molar-refractivity contribution in [1.29, 1.82) is 5.26 Å². The summed E-state index contributed by atoms with van der Waals surface area (Å²) in [7, 11) is 0. The van der Waals surface area contributed by atoms with Gasteiger partial charge in [-0.1, -0.05) is 0 Å². The number of nitrogens with one attached hydrogen (secondary N) is 2. The normalized spacial score (nSPS) is 10.3. The number of halogens is 2. The van der Waals surface area contributed by atoms with Crippen LogP contribution >= 0.6 is 31.9 Å². The molecule has 1 amide bonds. The Kier molecular flexibility index (Phi) is 4.83. The van der Waals surface area contributed by atoms with E-state index in [4.69, 9.17) is 11.0 Å². The number of nitrogens with two attached hydrogens (primary N) is 1. The zero-order valence-corrected chi connectivity index (χ0v) is 15.7. The Morgan fingerprint density at radius 1 is 1.04 bits per heavy atom. The lowest BCUT2D eigenvalue weighted by Crippen LogP contribution is -2.09. The first kappa shape index (κ1) is 17.1. The quantitative estimate of drug-likeness (QED) is 0.400. The molecule has 0 fully saturated rings. The number of nitriles is 1. The van der Waals surface area contributed by atoms with E-state index < -0.39 is 5.91 Å². The fourth-order valence-electron chi connectivity index (χ4n) is 2.25. The molecule has 4 heterocycles. The minimum absolute atomic E-state index is 0.453. The predicted octanol–water partition coefficient (Wildman–Crippen LogP) is 3.62. The molecule has 4 N–H and O–H groups in total. The molecule has 0 aliphatic carbocycles. The maximum atomic E-state index is 10.9. The second-order valence-electron chi connectivity index (χ2n) is 4.98. The third-order valence-corrected chi connectivity index (χ3v) is 4.25. The van der Waals surface area contributed by atoms with Gasteiger partial charge >= 0.3 is 0 Å². The number of rotatable bonds is 1. The van der Waals surface area contributed by atoms with Crippen LogP contribution in [0.4, 0.5) is 0 Å². The minimum atomic E-state index is -0.453. The molecule has 0 unspecified atom stereocenters. The van der Waals surface area contributed by atoms with Gasteiger partial charge < -0.3 is 15.7 Å². The molecule has 0 saturated heterocycles. The molecule has 4 aromatic heterocycles.